The van der Waals surface area contributed by atoms with Crippen LogP contribution in [0, 0.1) is 5.82 Å². The van der Waals surface area contributed by atoms with E-state index in [2.05, 4.69) is 4.98 Å². The first-order chi connectivity index (χ1) is 9.04. The van der Waals surface area contributed by atoms with Gasteiger partial charge in [-0.25, -0.2) is 9.37 Å². The van der Waals surface area contributed by atoms with Gasteiger partial charge in [-0.2, -0.15) is 0 Å². The van der Waals surface area contributed by atoms with Crippen LogP contribution in [0.5, 0.6) is 0 Å². The van der Waals surface area contributed by atoms with Crippen LogP contribution in [0.4, 0.5) is 4.39 Å². The Morgan fingerprint density at radius 1 is 1.16 bits per heavy atom. The van der Waals surface area contributed by atoms with Crippen LogP contribution in [-0.2, 0) is 13.1 Å². The summed E-state index contributed by atoms with van der Waals surface area (Å²) >= 11 is 11.8. The van der Waals surface area contributed by atoms with Crippen molar-refractivity contribution in [2.45, 2.75) is 13.1 Å². The lowest BCUT2D eigenvalue weighted by Gasteiger charge is -2.17. The summed E-state index contributed by atoms with van der Waals surface area (Å²) in [5.41, 5.74) is 1.81. The topological polar surface area (TPSA) is 16.1 Å². The molecule has 0 spiro atoms. The van der Waals surface area contributed by atoms with Crippen molar-refractivity contribution in [2.75, 3.05) is 7.05 Å². The van der Waals surface area contributed by atoms with Crippen molar-refractivity contribution in [3.8, 4) is 0 Å². The molecule has 2 rings (SSSR count). The summed E-state index contributed by atoms with van der Waals surface area (Å²) in [6.07, 6.45) is 0. The van der Waals surface area contributed by atoms with Crippen molar-refractivity contribution in [1.82, 2.24) is 9.88 Å². The van der Waals surface area contributed by atoms with Crippen molar-refractivity contribution in [3.63, 3.8) is 0 Å². The number of rotatable bonds is 4. The van der Waals surface area contributed by atoms with E-state index in [9.17, 15) is 4.39 Å². The zero-order valence-corrected chi connectivity index (χ0v) is 11.9. The number of nitrogens with zero attached hydrogens (tertiary/aromatic N) is 2. The van der Waals surface area contributed by atoms with E-state index >= 15 is 0 Å². The summed E-state index contributed by atoms with van der Waals surface area (Å²) in [5.74, 6) is -0.225. The zero-order chi connectivity index (χ0) is 13.8. The van der Waals surface area contributed by atoms with Crippen LogP contribution in [0.2, 0.25) is 10.3 Å². The highest BCUT2D eigenvalue weighted by Crippen LogP contribution is 2.18. The Morgan fingerprint density at radius 2 is 1.95 bits per heavy atom. The molecule has 100 valence electrons. The molecule has 0 aliphatic carbocycles. The van der Waals surface area contributed by atoms with Gasteiger partial charge < -0.3 is 0 Å². The number of benzene rings is 1. The summed E-state index contributed by atoms with van der Waals surface area (Å²) in [4.78, 5) is 6.03. The lowest BCUT2D eigenvalue weighted by Crippen LogP contribution is -2.17. The third kappa shape index (κ3) is 4.16. The molecular weight excluding hydrogens is 286 g/mol. The normalized spacial score (nSPS) is 11.0. The lowest BCUT2D eigenvalue weighted by atomic mass is 10.2. The molecule has 0 radical (unpaired) electrons. The first kappa shape index (κ1) is 14.3. The molecule has 1 heterocycles. The Hall–Kier alpha value is -1.16. The van der Waals surface area contributed by atoms with Crippen molar-refractivity contribution < 1.29 is 4.39 Å². The fraction of sp³-hybridized carbons (Fsp3) is 0.214. The van der Waals surface area contributed by atoms with Gasteiger partial charge in [-0.15, -0.1) is 0 Å². The highest BCUT2D eigenvalue weighted by molar-refractivity contribution is 6.32. The first-order valence-corrected chi connectivity index (χ1v) is 6.54. The van der Waals surface area contributed by atoms with Gasteiger partial charge in [0.2, 0.25) is 0 Å². The van der Waals surface area contributed by atoms with Gasteiger partial charge in [-0.3, -0.25) is 4.90 Å². The van der Waals surface area contributed by atoms with Gasteiger partial charge in [0.25, 0.3) is 0 Å². The van der Waals surface area contributed by atoms with Crippen LogP contribution >= 0.6 is 23.2 Å². The van der Waals surface area contributed by atoms with Crippen molar-refractivity contribution in [3.05, 3.63) is 63.6 Å². The molecule has 0 aliphatic heterocycles. The molecule has 19 heavy (non-hydrogen) atoms. The fourth-order valence-electron chi connectivity index (χ4n) is 1.85. The second-order valence-electron chi connectivity index (χ2n) is 4.39. The fourth-order valence-corrected chi connectivity index (χ4v) is 2.26. The molecule has 0 aliphatic rings. The molecule has 2 nitrogen and oxygen atoms in total. The molecule has 0 N–H and O–H groups in total. The van der Waals surface area contributed by atoms with Crippen molar-refractivity contribution >= 4 is 23.2 Å². The maximum absolute atomic E-state index is 13.1. The van der Waals surface area contributed by atoms with E-state index in [1.165, 1.54) is 12.1 Å². The Bertz CT molecular complexity index is 575. The summed E-state index contributed by atoms with van der Waals surface area (Å²) < 4.78 is 13.1. The van der Waals surface area contributed by atoms with Gasteiger partial charge >= 0.3 is 0 Å². The van der Waals surface area contributed by atoms with Crippen LogP contribution in [-0.4, -0.2) is 16.9 Å². The molecule has 2 aromatic rings. The molecular formula is C14H13Cl2FN2. The summed E-state index contributed by atoms with van der Waals surface area (Å²) in [6.45, 7) is 1.26. The van der Waals surface area contributed by atoms with E-state index in [0.29, 0.717) is 23.4 Å². The highest BCUT2D eigenvalue weighted by atomic mass is 35.5. The zero-order valence-electron chi connectivity index (χ0n) is 10.4. The van der Waals surface area contributed by atoms with Gasteiger partial charge in [-0.05, 0) is 30.8 Å². The summed E-state index contributed by atoms with van der Waals surface area (Å²) in [5, 5.41) is 0.778. The predicted molar refractivity (Wildman–Crippen MR) is 75.8 cm³/mol. The van der Waals surface area contributed by atoms with E-state index in [-0.39, 0.29) is 5.82 Å². The van der Waals surface area contributed by atoms with Crippen molar-refractivity contribution in [1.29, 1.82) is 0 Å². The minimum absolute atomic E-state index is 0.225. The molecule has 0 bridgehead atoms. The number of halogens is 3. The average molecular weight is 299 g/mol. The average Bonchev–Trinajstić information content (AvgIpc) is 2.33. The van der Waals surface area contributed by atoms with Gasteiger partial charge in [0.1, 0.15) is 16.1 Å². The third-order valence-corrected chi connectivity index (χ3v) is 3.21. The van der Waals surface area contributed by atoms with Crippen LogP contribution in [0.1, 0.15) is 11.1 Å². The van der Waals surface area contributed by atoms with Crippen LogP contribution in [0.15, 0.2) is 36.4 Å². The van der Waals surface area contributed by atoms with Crippen molar-refractivity contribution in [2.24, 2.45) is 0 Å². The van der Waals surface area contributed by atoms with E-state index in [4.69, 9.17) is 23.2 Å². The Kier molecular flexibility index (Phi) is 4.75. The molecule has 1 aromatic carbocycles. The maximum Gasteiger partial charge on any atom is 0.135 e. The first-order valence-electron chi connectivity index (χ1n) is 5.78. The second-order valence-corrected chi connectivity index (χ2v) is 5.13. The molecule has 0 saturated carbocycles. The molecule has 0 fully saturated rings. The minimum Gasteiger partial charge on any atom is -0.298 e. The largest absolute Gasteiger partial charge is 0.298 e. The van der Waals surface area contributed by atoms with E-state index < -0.39 is 0 Å². The lowest BCUT2D eigenvalue weighted by molar-refractivity contribution is 0.318. The van der Waals surface area contributed by atoms with E-state index in [1.807, 2.05) is 24.1 Å². The van der Waals surface area contributed by atoms with E-state index in [0.717, 1.165) is 11.1 Å². The van der Waals surface area contributed by atoms with Crippen LogP contribution in [0.3, 0.4) is 0 Å². The molecule has 1 aromatic heterocycles. The van der Waals surface area contributed by atoms with E-state index in [1.54, 1.807) is 12.1 Å². The van der Waals surface area contributed by atoms with Gasteiger partial charge in [0.15, 0.2) is 0 Å². The third-order valence-electron chi connectivity index (χ3n) is 2.67. The molecule has 5 heteroatoms. The Labute approximate surface area is 121 Å². The molecule has 0 amide bonds. The van der Waals surface area contributed by atoms with Gasteiger partial charge in [0.05, 0.1) is 0 Å². The van der Waals surface area contributed by atoms with Crippen LogP contribution < -0.4 is 0 Å². The minimum atomic E-state index is -0.225. The van der Waals surface area contributed by atoms with Gasteiger partial charge in [-0.1, -0.05) is 41.4 Å². The second kappa shape index (κ2) is 6.33. The number of aromatic nitrogens is 1. The molecule has 0 unspecified atom stereocenters. The Balaban J connectivity index is 2.03. The highest BCUT2D eigenvalue weighted by Gasteiger charge is 2.07. The SMILES string of the molecule is CN(Cc1cccc(F)c1)Cc1ccc(Cl)nc1Cl. The van der Waals surface area contributed by atoms with Crippen LogP contribution in [0.25, 0.3) is 0 Å². The summed E-state index contributed by atoms with van der Waals surface area (Å²) in [7, 11) is 1.94. The smallest absolute Gasteiger partial charge is 0.135 e. The number of hydrogen-bond acceptors (Lipinski definition) is 2. The number of hydrogen-bond donors (Lipinski definition) is 0. The predicted octanol–water partition coefficient (Wildman–Crippen LogP) is 4.16. The Morgan fingerprint density at radius 3 is 2.63 bits per heavy atom. The summed E-state index contributed by atoms with van der Waals surface area (Å²) in [6, 6.07) is 10.1. The molecule has 0 saturated heterocycles. The van der Waals surface area contributed by atoms with Gasteiger partial charge in [0, 0.05) is 18.7 Å². The monoisotopic (exact) mass is 298 g/mol. The quantitative estimate of drug-likeness (QED) is 0.788. The maximum atomic E-state index is 13.1. The molecule has 0 atom stereocenters. The number of pyridine rings is 1. The standard InChI is InChI=1S/C14H13Cl2FN2/c1-19(8-10-3-2-4-12(17)7-10)9-11-5-6-13(15)18-14(11)16/h2-7H,8-9H2,1H3.